The smallest absolute Gasteiger partial charge is 0.229 e. The number of nitrogens with zero attached hydrogens (tertiary/aromatic N) is 4. The zero-order valence-corrected chi connectivity index (χ0v) is 30.7. The van der Waals surface area contributed by atoms with Gasteiger partial charge in [0.05, 0.1) is 25.7 Å². The predicted molar refractivity (Wildman–Crippen MR) is 196 cm³/mol. The van der Waals surface area contributed by atoms with Crippen molar-refractivity contribution in [3.05, 3.63) is 65.5 Å². The average Bonchev–Trinajstić information content (AvgIpc) is 3.47. The van der Waals surface area contributed by atoms with Crippen molar-refractivity contribution in [3.63, 3.8) is 0 Å². The molecule has 2 aromatic carbocycles. The molecule has 49 heavy (non-hydrogen) atoms. The van der Waals surface area contributed by atoms with Gasteiger partial charge in [-0.1, -0.05) is 47.6 Å². The fraction of sp³-hybridized carbons (Fsp3) is 0.500. The summed E-state index contributed by atoms with van der Waals surface area (Å²) in [6, 6.07) is 9.57. The summed E-state index contributed by atoms with van der Waals surface area (Å²) in [4.78, 5) is 29.1. The number of amides is 1. The molecule has 1 fully saturated rings. The number of piperidine rings is 1. The van der Waals surface area contributed by atoms with Crippen LogP contribution in [-0.4, -0.2) is 59.1 Å². The number of carbonyl (C=O) groups is 1. The van der Waals surface area contributed by atoms with Gasteiger partial charge in [-0.05, 0) is 85.7 Å². The van der Waals surface area contributed by atoms with Gasteiger partial charge in [-0.3, -0.25) is 4.79 Å². The third-order valence-electron chi connectivity index (χ3n) is 9.03. The summed E-state index contributed by atoms with van der Waals surface area (Å²) >= 11 is 1.34. The van der Waals surface area contributed by atoms with Crippen molar-refractivity contribution >= 4 is 44.8 Å². The van der Waals surface area contributed by atoms with Crippen molar-refractivity contribution in [2.45, 2.75) is 73.6 Å². The second kappa shape index (κ2) is 15.8. The summed E-state index contributed by atoms with van der Waals surface area (Å²) in [6.45, 7) is 18.0. The normalized spacial score (nSPS) is 14.7. The highest BCUT2D eigenvalue weighted by Gasteiger charge is 2.37. The molecule has 11 heteroatoms. The van der Waals surface area contributed by atoms with Crippen LogP contribution in [0.3, 0.4) is 0 Å². The molecule has 1 amide bonds. The molecule has 263 valence electrons. The molecule has 5 rings (SSSR count). The average molecular weight is 690 g/mol. The molecule has 1 aliphatic heterocycles. The largest absolute Gasteiger partial charge is 0.493 e. The Morgan fingerprint density at radius 3 is 2.47 bits per heavy atom. The van der Waals surface area contributed by atoms with Gasteiger partial charge in [-0.15, -0.1) is 11.3 Å². The van der Waals surface area contributed by atoms with E-state index in [1.807, 2.05) is 12.1 Å². The third kappa shape index (κ3) is 10.1. The van der Waals surface area contributed by atoms with Crippen molar-refractivity contribution in [2.75, 3.05) is 44.0 Å². The van der Waals surface area contributed by atoms with E-state index < -0.39 is 5.82 Å². The fourth-order valence-corrected chi connectivity index (χ4v) is 7.63. The quantitative estimate of drug-likeness (QED) is 0.135. The van der Waals surface area contributed by atoms with Crippen molar-refractivity contribution < 1.29 is 18.7 Å². The monoisotopic (exact) mass is 689 g/mol. The summed E-state index contributed by atoms with van der Waals surface area (Å²) in [5.41, 5.74) is 1.60. The number of anilines is 3. The molecule has 0 unspecified atom stereocenters. The Hall–Kier alpha value is -3.83. The Balaban J connectivity index is 1.12. The number of aromatic nitrogens is 3. The number of fused-ring (bicyclic) bond motifs is 1. The van der Waals surface area contributed by atoms with E-state index in [0.29, 0.717) is 40.3 Å². The second-order valence-electron chi connectivity index (χ2n) is 14.9. The van der Waals surface area contributed by atoms with Gasteiger partial charge in [-0.2, -0.15) is 0 Å². The summed E-state index contributed by atoms with van der Waals surface area (Å²) in [5.74, 6) is 3.60. The third-order valence-corrected chi connectivity index (χ3v) is 9.94. The number of halogens is 1. The van der Waals surface area contributed by atoms with Crippen LogP contribution in [0, 0.1) is 28.5 Å². The van der Waals surface area contributed by atoms with E-state index in [9.17, 15) is 9.18 Å². The molecule has 0 spiro atoms. The van der Waals surface area contributed by atoms with Crippen LogP contribution in [0.5, 0.6) is 11.5 Å². The standard InChI is InChI=1S/C38H50FN6O3S/c1-37(2,3)33(38(4,5)6)18-25-12-15-45(16-13-25)14-9-17-48-32-22-30-29(21-31(32)47-7)35(42-24-41-30)44-36-40-23-28(49-36)20-34(46)43-27-11-8-10-26(39)19-27/h8,10-11,19,21-25H,9,12-18,20H2,1-7H3,(H,43,46)(H,40,41,42,44). The van der Waals surface area contributed by atoms with E-state index in [0.717, 1.165) is 42.2 Å². The lowest BCUT2D eigenvalue weighted by atomic mass is 9.63. The van der Waals surface area contributed by atoms with E-state index in [2.05, 4.69) is 72.0 Å². The molecular weight excluding hydrogens is 640 g/mol. The van der Waals surface area contributed by atoms with Crippen LogP contribution in [0.25, 0.3) is 10.9 Å². The fourth-order valence-electron chi connectivity index (χ4n) is 6.82. The van der Waals surface area contributed by atoms with Crippen molar-refractivity contribution in [1.29, 1.82) is 0 Å². The van der Waals surface area contributed by atoms with Crippen molar-refractivity contribution in [1.82, 2.24) is 19.9 Å². The summed E-state index contributed by atoms with van der Waals surface area (Å²) < 4.78 is 25.4. The number of methoxy groups -OCH3 is 1. The molecule has 1 saturated heterocycles. The molecule has 4 aromatic rings. The molecule has 9 nitrogen and oxygen atoms in total. The van der Waals surface area contributed by atoms with Gasteiger partial charge in [0.2, 0.25) is 5.91 Å². The number of benzene rings is 2. The van der Waals surface area contributed by atoms with E-state index in [-0.39, 0.29) is 23.2 Å². The van der Waals surface area contributed by atoms with Gasteiger partial charge in [-0.25, -0.2) is 19.3 Å². The predicted octanol–water partition coefficient (Wildman–Crippen LogP) is 8.70. The van der Waals surface area contributed by atoms with Crippen LogP contribution in [0.2, 0.25) is 0 Å². The van der Waals surface area contributed by atoms with Gasteiger partial charge in [0.15, 0.2) is 16.6 Å². The molecule has 2 N–H and O–H groups in total. The van der Waals surface area contributed by atoms with E-state index in [1.165, 1.54) is 49.1 Å². The maximum atomic E-state index is 13.5. The topological polar surface area (TPSA) is 102 Å². The number of likely N-dealkylation sites (tertiary alicyclic amines) is 1. The lowest BCUT2D eigenvalue weighted by molar-refractivity contribution is -0.115. The lowest BCUT2D eigenvalue weighted by Gasteiger charge is -2.43. The molecule has 3 heterocycles. The molecule has 0 aliphatic carbocycles. The molecule has 0 saturated carbocycles. The van der Waals surface area contributed by atoms with Crippen LogP contribution >= 0.6 is 11.3 Å². The molecule has 0 bridgehead atoms. The number of nitrogens with one attached hydrogen (secondary N) is 2. The van der Waals surface area contributed by atoms with Crippen molar-refractivity contribution in [2.24, 2.45) is 16.7 Å². The first kappa shape index (κ1) is 36.5. The van der Waals surface area contributed by atoms with Crippen LogP contribution in [0.4, 0.5) is 21.0 Å². The van der Waals surface area contributed by atoms with Crippen LogP contribution in [0.1, 0.15) is 72.1 Å². The van der Waals surface area contributed by atoms with Gasteiger partial charge >= 0.3 is 0 Å². The van der Waals surface area contributed by atoms with Gasteiger partial charge in [0.25, 0.3) is 0 Å². The highest BCUT2D eigenvalue weighted by Crippen LogP contribution is 2.47. The van der Waals surface area contributed by atoms with Gasteiger partial charge < -0.3 is 25.0 Å². The van der Waals surface area contributed by atoms with Gasteiger partial charge in [0, 0.05) is 34.8 Å². The number of thiazole rings is 1. The van der Waals surface area contributed by atoms with Gasteiger partial charge in [0.1, 0.15) is 18.0 Å². The van der Waals surface area contributed by atoms with Crippen LogP contribution in [0.15, 0.2) is 48.9 Å². The zero-order chi connectivity index (χ0) is 35.2. The van der Waals surface area contributed by atoms with Crippen molar-refractivity contribution in [3.8, 4) is 11.5 Å². The Morgan fingerprint density at radius 1 is 1.02 bits per heavy atom. The summed E-state index contributed by atoms with van der Waals surface area (Å²) in [6.07, 6.45) is 7.91. The Morgan fingerprint density at radius 2 is 1.78 bits per heavy atom. The Bertz CT molecular complexity index is 1690. The first-order valence-corrected chi connectivity index (χ1v) is 17.9. The maximum absolute atomic E-state index is 13.5. The minimum Gasteiger partial charge on any atom is -0.493 e. The van der Waals surface area contributed by atoms with Crippen LogP contribution in [-0.2, 0) is 11.2 Å². The second-order valence-corrected chi connectivity index (χ2v) is 16.0. The molecule has 0 atom stereocenters. The lowest BCUT2D eigenvalue weighted by Crippen LogP contribution is -2.38. The summed E-state index contributed by atoms with van der Waals surface area (Å²) in [5, 5.41) is 7.31. The summed E-state index contributed by atoms with van der Waals surface area (Å²) in [7, 11) is 1.62. The molecular formula is C38H50FN6O3S. The number of carbonyl (C=O) groups excluding carboxylic acids is 1. The maximum Gasteiger partial charge on any atom is 0.229 e. The van der Waals surface area contributed by atoms with Crippen LogP contribution < -0.4 is 20.1 Å². The number of hydrogen-bond acceptors (Lipinski definition) is 9. The highest BCUT2D eigenvalue weighted by molar-refractivity contribution is 7.15. The molecule has 1 aliphatic rings. The first-order valence-electron chi connectivity index (χ1n) is 17.1. The number of rotatable bonds is 13. The Kier molecular flexibility index (Phi) is 11.8. The minimum absolute atomic E-state index is 0.113. The molecule has 1 radical (unpaired) electrons. The van der Waals surface area contributed by atoms with E-state index in [1.54, 1.807) is 31.4 Å². The van der Waals surface area contributed by atoms with E-state index >= 15 is 0 Å². The van der Waals surface area contributed by atoms with E-state index in [4.69, 9.17) is 9.47 Å². The zero-order valence-electron chi connectivity index (χ0n) is 29.9. The highest BCUT2D eigenvalue weighted by atomic mass is 32.1. The number of hydrogen-bond donors (Lipinski definition) is 2. The number of ether oxygens (including phenoxy) is 2. The minimum atomic E-state index is -0.406. The first-order chi connectivity index (χ1) is 23.3. The SMILES string of the molecule is COc1cc2c(Nc3ncc(CC(=O)Nc4cccc(F)c4)s3)ncnc2cc1OCCCN1CCC(C[C](C(C)(C)C)C(C)(C)C)CC1. The Labute approximate surface area is 294 Å². The molecule has 2 aromatic heterocycles.